The number of carbonyl (C=O) groups is 1. The van der Waals surface area contributed by atoms with Crippen LogP contribution in [-0.2, 0) is 24.2 Å². The summed E-state index contributed by atoms with van der Waals surface area (Å²) < 4.78 is 4.90. The quantitative estimate of drug-likeness (QED) is 0.864. The van der Waals surface area contributed by atoms with Crippen molar-refractivity contribution < 1.29 is 14.6 Å². The van der Waals surface area contributed by atoms with Crippen molar-refractivity contribution in [2.45, 2.75) is 33.3 Å². The molecule has 0 aliphatic heterocycles. The van der Waals surface area contributed by atoms with Crippen LogP contribution in [0.3, 0.4) is 0 Å². The van der Waals surface area contributed by atoms with Gasteiger partial charge in [0.05, 0.1) is 31.2 Å². The van der Waals surface area contributed by atoms with Gasteiger partial charge in [0.2, 0.25) is 0 Å². The van der Waals surface area contributed by atoms with E-state index in [9.17, 15) is 9.90 Å². The minimum atomic E-state index is -0.331. The number of methoxy groups -OCH3 is 1. The zero-order valence-corrected chi connectivity index (χ0v) is 11.9. The van der Waals surface area contributed by atoms with Crippen LogP contribution in [0, 0.1) is 0 Å². The number of hydrogen-bond acceptors (Lipinski definition) is 5. The number of aliphatic hydroxyl groups excluding tert-OH is 1. The first-order valence-electron chi connectivity index (χ1n) is 6.66. The van der Waals surface area contributed by atoms with Crippen LogP contribution in [0.15, 0.2) is 12.3 Å². The molecule has 0 spiro atoms. The van der Waals surface area contributed by atoms with E-state index in [-0.39, 0.29) is 12.6 Å². The Morgan fingerprint density at radius 2 is 2.05 bits per heavy atom. The molecule has 0 unspecified atom stereocenters. The van der Waals surface area contributed by atoms with Gasteiger partial charge in [-0.25, -0.2) is 4.79 Å². The first-order valence-corrected chi connectivity index (χ1v) is 6.66. The molecule has 2 aromatic rings. The van der Waals surface area contributed by atoms with Gasteiger partial charge in [-0.05, 0) is 30.0 Å². The molecule has 0 aliphatic rings. The normalized spacial score (nSPS) is 10.8. The standard InChI is InChI=1S/C15H18N2O3/c1-4-9-6-11-12(7-16-17-13(11)8-18)10(5-2)14(9)15(19)20-3/h6-7,18H,4-5,8H2,1-3H3. The zero-order valence-electron chi connectivity index (χ0n) is 11.9. The molecular formula is C15H18N2O3. The Balaban J connectivity index is 2.89. The smallest absolute Gasteiger partial charge is 0.338 e. The number of esters is 1. The summed E-state index contributed by atoms with van der Waals surface area (Å²) in [7, 11) is 1.38. The minimum absolute atomic E-state index is 0.172. The van der Waals surface area contributed by atoms with Gasteiger partial charge in [-0.15, -0.1) is 0 Å². The van der Waals surface area contributed by atoms with Crippen LogP contribution in [0.1, 0.15) is 41.0 Å². The number of carbonyl (C=O) groups excluding carboxylic acids is 1. The fourth-order valence-electron chi connectivity index (χ4n) is 2.53. The van der Waals surface area contributed by atoms with E-state index in [1.807, 2.05) is 19.9 Å². The summed E-state index contributed by atoms with van der Waals surface area (Å²) in [6.45, 7) is 3.80. The second-order valence-corrected chi connectivity index (χ2v) is 4.50. The Bertz CT molecular complexity index is 653. The third kappa shape index (κ3) is 2.25. The van der Waals surface area contributed by atoms with Crippen molar-refractivity contribution >= 4 is 16.7 Å². The number of aliphatic hydroxyl groups is 1. The monoisotopic (exact) mass is 274 g/mol. The molecule has 0 saturated carbocycles. The molecule has 2 rings (SSSR count). The Morgan fingerprint density at radius 1 is 1.30 bits per heavy atom. The number of benzene rings is 1. The third-order valence-electron chi connectivity index (χ3n) is 3.51. The third-order valence-corrected chi connectivity index (χ3v) is 3.51. The summed E-state index contributed by atoms with van der Waals surface area (Å²) in [5.41, 5.74) is 2.95. The van der Waals surface area contributed by atoms with E-state index < -0.39 is 0 Å². The number of nitrogens with zero attached hydrogens (tertiary/aromatic N) is 2. The van der Waals surface area contributed by atoms with Crippen molar-refractivity contribution in [1.29, 1.82) is 0 Å². The molecular weight excluding hydrogens is 256 g/mol. The van der Waals surface area contributed by atoms with Crippen LogP contribution in [-0.4, -0.2) is 28.4 Å². The highest BCUT2D eigenvalue weighted by molar-refractivity contribution is 6.00. The van der Waals surface area contributed by atoms with E-state index >= 15 is 0 Å². The lowest BCUT2D eigenvalue weighted by Gasteiger charge is -2.15. The van der Waals surface area contributed by atoms with Crippen molar-refractivity contribution in [3.8, 4) is 0 Å². The van der Waals surface area contributed by atoms with Crippen LogP contribution in [0.4, 0.5) is 0 Å². The number of ether oxygens (including phenoxy) is 1. The molecule has 0 radical (unpaired) electrons. The molecule has 0 atom stereocenters. The van der Waals surface area contributed by atoms with E-state index in [0.29, 0.717) is 24.1 Å². The molecule has 0 amide bonds. The summed E-state index contributed by atoms with van der Waals surface area (Å²) in [5.74, 6) is -0.331. The predicted molar refractivity (Wildman–Crippen MR) is 75.6 cm³/mol. The second-order valence-electron chi connectivity index (χ2n) is 4.50. The van der Waals surface area contributed by atoms with Crippen LogP contribution in [0.5, 0.6) is 0 Å². The fourth-order valence-corrected chi connectivity index (χ4v) is 2.53. The van der Waals surface area contributed by atoms with Gasteiger partial charge in [0.15, 0.2) is 0 Å². The lowest BCUT2D eigenvalue weighted by molar-refractivity contribution is 0.0598. The van der Waals surface area contributed by atoms with Crippen molar-refractivity contribution in [3.05, 3.63) is 34.6 Å². The molecule has 20 heavy (non-hydrogen) atoms. The largest absolute Gasteiger partial charge is 0.465 e. The molecule has 5 heteroatoms. The molecule has 1 aromatic heterocycles. The lowest BCUT2D eigenvalue weighted by atomic mass is 9.92. The SMILES string of the molecule is CCc1cc2c(CO)nncc2c(CC)c1C(=O)OC. The van der Waals surface area contributed by atoms with Gasteiger partial charge >= 0.3 is 5.97 Å². The minimum Gasteiger partial charge on any atom is -0.465 e. The van der Waals surface area contributed by atoms with Gasteiger partial charge in [0, 0.05) is 10.8 Å². The average Bonchev–Trinajstić information content (AvgIpc) is 2.51. The fraction of sp³-hybridized carbons (Fsp3) is 0.400. The van der Waals surface area contributed by atoms with Crippen LogP contribution in [0.25, 0.3) is 10.8 Å². The van der Waals surface area contributed by atoms with Crippen molar-refractivity contribution in [2.75, 3.05) is 7.11 Å². The van der Waals surface area contributed by atoms with E-state index in [2.05, 4.69) is 10.2 Å². The number of aromatic nitrogens is 2. The number of hydrogen-bond donors (Lipinski definition) is 1. The molecule has 1 heterocycles. The Morgan fingerprint density at radius 3 is 2.60 bits per heavy atom. The first-order chi connectivity index (χ1) is 9.67. The average molecular weight is 274 g/mol. The second kappa shape index (κ2) is 5.96. The zero-order chi connectivity index (χ0) is 14.7. The topological polar surface area (TPSA) is 72.3 Å². The van der Waals surface area contributed by atoms with E-state index in [1.165, 1.54) is 7.11 Å². The van der Waals surface area contributed by atoms with Crippen LogP contribution < -0.4 is 0 Å². The molecule has 0 saturated heterocycles. The van der Waals surface area contributed by atoms with Gasteiger partial charge < -0.3 is 9.84 Å². The lowest BCUT2D eigenvalue weighted by Crippen LogP contribution is -2.11. The van der Waals surface area contributed by atoms with E-state index in [4.69, 9.17) is 4.74 Å². The maximum absolute atomic E-state index is 12.1. The molecule has 0 bridgehead atoms. The Hall–Kier alpha value is -2.01. The van der Waals surface area contributed by atoms with E-state index in [0.717, 1.165) is 21.9 Å². The highest BCUT2D eigenvalue weighted by atomic mass is 16.5. The summed E-state index contributed by atoms with van der Waals surface area (Å²) in [4.78, 5) is 12.1. The van der Waals surface area contributed by atoms with E-state index in [1.54, 1.807) is 6.20 Å². The molecule has 1 aromatic carbocycles. The number of fused-ring (bicyclic) bond motifs is 1. The Kier molecular flexibility index (Phi) is 4.29. The summed E-state index contributed by atoms with van der Waals surface area (Å²) in [6, 6.07) is 1.90. The van der Waals surface area contributed by atoms with Crippen LogP contribution >= 0.6 is 0 Å². The van der Waals surface area contributed by atoms with Crippen molar-refractivity contribution in [1.82, 2.24) is 10.2 Å². The molecule has 106 valence electrons. The van der Waals surface area contributed by atoms with Gasteiger partial charge in [-0.3, -0.25) is 0 Å². The molecule has 0 aliphatic carbocycles. The first kappa shape index (κ1) is 14.4. The number of aryl methyl sites for hydroxylation is 2. The molecule has 1 N–H and O–H groups in total. The molecule has 0 fully saturated rings. The maximum Gasteiger partial charge on any atom is 0.338 e. The van der Waals surface area contributed by atoms with Gasteiger partial charge in [-0.2, -0.15) is 10.2 Å². The highest BCUT2D eigenvalue weighted by Crippen LogP contribution is 2.28. The summed E-state index contributed by atoms with van der Waals surface area (Å²) in [5, 5.41) is 19.0. The van der Waals surface area contributed by atoms with Crippen molar-refractivity contribution in [2.24, 2.45) is 0 Å². The highest BCUT2D eigenvalue weighted by Gasteiger charge is 2.20. The summed E-state index contributed by atoms with van der Waals surface area (Å²) >= 11 is 0. The van der Waals surface area contributed by atoms with Crippen molar-refractivity contribution in [3.63, 3.8) is 0 Å². The van der Waals surface area contributed by atoms with Gasteiger partial charge in [-0.1, -0.05) is 13.8 Å². The predicted octanol–water partition coefficient (Wildman–Crippen LogP) is 2.03. The van der Waals surface area contributed by atoms with Gasteiger partial charge in [0.25, 0.3) is 0 Å². The number of rotatable bonds is 4. The van der Waals surface area contributed by atoms with Crippen LogP contribution in [0.2, 0.25) is 0 Å². The molecule has 5 nitrogen and oxygen atoms in total. The maximum atomic E-state index is 12.1. The summed E-state index contributed by atoms with van der Waals surface area (Å²) in [6.07, 6.45) is 3.03. The Labute approximate surface area is 117 Å². The van der Waals surface area contributed by atoms with Gasteiger partial charge in [0.1, 0.15) is 0 Å².